The molecule has 1 aliphatic carbocycles. The standard InChI is InChI=1S/C14H19NO3/c1-9(2)18-13-6-4-3-5-12(13)15-11-7-10(8-11)14(16)17/h3-6,9-11,15H,7-8H2,1-2H3,(H,16,17). The number of carboxylic acids is 1. The second-order valence-corrected chi connectivity index (χ2v) is 5.01. The molecule has 18 heavy (non-hydrogen) atoms. The molecule has 1 aliphatic rings. The molecule has 0 amide bonds. The van der Waals surface area contributed by atoms with E-state index in [-0.39, 0.29) is 18.1 Å². The molecule has 0 atom stereocenters. The van der Waals surface area contributed by atoms with Crippen LogP contribution < -0.4 is 10.1 Å². The third-order valence-corrected chi connectivity index (χ3v) is 3.10. The molecule has 0 unspecified atom stereocenters. The van der Waals surface area contributed by atoms with Crippen molar-refractivity contribution in [3.63, 3.8) is 0 Å². The van der Waals surface area contributed by atoms with Crippen LogP contribution in [0.2, 0.25) is 0 Å². The summed E-state index contributed by atoms with van der Waals surface area (Å²) in [6.07, 6.45) is 1.50. The van der Waals surface area contributed by atoms with Gasteiger partial charge in [0, 0.05) is 6.04 Å². The van der Waals surface area contributed by atoms with E-state index in [9.17, 15) is 4.79 Å². The van der Waals surface area contributed by atoms with Crippen LogP contribution in [0, 0.1) is 5.92 Å². The predicted octanol–water partition coefficient (Wildman–Crippen LogP) is 2.75. The van der Waals surface area contributed by atoms with Crippen LogP contribution in [0.1, 0.15) is 26.7 Å². The number of ether oxygens (including phenoxy) is 1. The van der Waals surface area contributed by atoms with Gasteiger partial charge in [0.05, 0.1) is 17.7 Å². The third kappa shape index (κ3) is 2.94. The smallest absolute Gasteiger partial charge is 0.306 e. The molecule has 1 aromatic rings. The van der Waals surface area contributed by atoms with Crippen molar-refractivity contribution in [1.29, 1.82) is 0 Å². The summed E-state index contributed by atoms with van der Waals surface area (Å²) in [6.45, 7) is 3.97. The zero-order chi connectivity index (χ0) is 13.1. The Balaban J connectivity index is 1.96. The van der Waals surface area contributed by atoms with Crippen LogP contribution in [-0.2, 0) is 4.79 Å². The van der Waals surface area contributed by atoms with Crippen LogP contribution in [0.4, 0.5) is 5.69 Å². The normalized spacial score (nSPS) is 22.4. The first-order valence-electron chi connectivity index (χ1n) is 6.31. The van der Waals surface area contributed by atoms with Crippen molar-refractivity contribution in [2.24, 2.45) is 5.92 Å². The number of carboxylic acid groups (broad SMARTS) is 1. The number of hydrogen-bond acceptors (Lipinski definition) is 3. The van der Waals surface area contributed by atoms with Gasteiger partial charge >= 0.3 is 5.97 Å². The van der Waals surface area contributed by atoms with Crippen molar-refractivity contribution in [1.82, 2.24) is 0 Å². The van der Waals surface area contributed by atoms with Crippen molar-refractivity contribution in [3.8, 4) is 5.75 Å². The summed E-state index contributed by atoms with van der Waals surface area (Å²) in [5.41, 5.74) is 0.944. The van der Waals surface area contributed by atoms with Gasteiger partial charge in [-0.3, -0.25) is 4.79 Å². The van der Waals surface area contributed by atoms with Crippen molar-refractivity contribution in [2.45, 2.75) is 38.8 Å². The number of benzene rings is 1. The van der Waals surface area contributed by atoms with Gasteiger partial charge < -0.3 is 15.2 Å². The molecule has 1 fully saturated rings. The molecule has 1 aromatic carbocycles. The Hall–Kier alpha value is -1.71. The number of carbonyl (C=O) groups is 1. The highest BCUT2D eigenvalue weighted by Crippen LogP contribution is 2.33. The fourth-order valence-electron chi connectivity index (χ4n) is 2.10. The minimum atomic E-state index is -0.695. The second kappa shape index (κ2) is 5.29. The number of anilines is 1. The zero-order valence-corrected chi connectivity index (χ0v) is 10.7. The summed E-state index contributed by atoms with van der Waals surface area (Å²) in [7, 11) is 0. The highest BCUT2D eigenvalue weighted by molar-refractivity contribution is 5.72. The van der Waals surface area contributed by atoms with Gasteiger partial charge in [0.2, 0.25) is 0 Å². The minimum Gasteiger partial charge on any atom is -0.489 e. The van der Waals surface area contributed by atoms with Gasteiger partial charge in [0.1, 0.15) is 5.75 Å². The van der Waals surface area contributed by atoms with Gasteiger partial charge in [0.15, 0.2) is 0 Å². The molecule has 0 aliphatic heterocycles. The van der Waals surface area contributed by atoms with Gasteiger partial charge in [-0.05, 0) is 38.8 Å². The number of hydrogen-bond donors (Lipinski definition) is 2. The van der Waals surface area contributed by atoms with Gasteiger partial charge in [-0.15, -0.1) is 0 Å². The second-order valence-electron chi connectivity index (χ2n) is 5.01. The van der Waals surface area contributed by atoms with Crippen molar-refractivity contribution in [2.75, 3.05) is 5.32 Å². The third-order valence-electron chi connectivity index (χ3n) is 3.10. The largest absolute Gasteiger partial charge is 0.489 e. The van der Waals surface area contributed by atoms with Crippen molar-refractivity contribution < 1.29 is 14.6 Å². The van der Waals surface area contributed by atoms with E-state index in [1.54, 1.807) is 0 Å². The molecule has 98 valence electrons. The first-order chi connectivity index (χ1) is 8.56. The van der Waals surface area contributed by atoms with Crippen LogP contribution >= 0.6 is 0 Å². The van der Waals surface area contributed by atoms with Gasteiger partial charge in [-0.25, -0.2) is 0 Å². The van der Waals surface area contributed by atoms with E-state index in [2.05, 4.69) is 5.32 Å². The monoisotopic (exact) mass is 249 g/mol. The summed E-state index contributed by atoms with van der Waals surface area (Å²) in [6, 6.07) is 8.01. The molecule has 2 rings (SSSR count). The Morgan fingerprint density at radius 2 is 2.06 bits per heavy atom. The quantitative estimate of drug-likeness (QED) is 0.842. The summed E-state index contributed by atoms with van der Waals surface area (Å²) in [4.78, 5) is 10.7. The summed E-state index contributed by atoms with van der Waals surface area (Å²) in [5, 5.41) is 12.2. The highest BCUT2D eigenvalue weighted by Gasteiger charge is 2.34. The fraction of sp³-hybridized carbons (Fsp3) is 0.500. The highest BCUT2D eigenvalue weighted by atomic mass is 16.5. The van der Waals surface area contributed by atoms with Crippen molar-refractivity contribution in [3.05, 3.63) is 24.3 Å². The van der Waals surface area contributed by atoms with Crippen molar-refractivity contribution >= 4 is 11.7 Å². The Bertz CT molecular complexity index is 425. The van der Waals surface area contributed by atoms with E-state index >= 15 is 0 Å². The fourth-order valence-corrected chi connectivity index (χ4v) is 2.10. The maximum Gasteiger partial charge on any atom is 0.306 e. The average Bonchev–Trinajstić information content (AvgIpc) is 2.23. The number of nitrogens with one attached hydrogen (secondary N) is 1. The van der Waals surface area contributed by atoms with E-state index in [1.807, 2.05) is 38.1 Å². The van der Waals surface area contributed by atoms with Gasteiger partial charge in [-0.1, -0.05) is 12.1 Å². The molecule has 2 N–H and O–H groups in total. The minimum absolute atomic E-state index is 0.126. The Morgan fingerprint density at radius 3 is 2.67 bits per heavy atom. The maximum atomic E-state index is 10.7. The van der Waals surface area contributed by atoms with Crippen LogP contribution in [0.15, 0.2) is 24.3 Å². The Labute approximate surface area is 107 Å². The lowest BCUT2D eigenvalue weighted by Crippen LogP contribution is -2.39. The predicted molar refractivity (Wildman–Crippen MR) is 70.0 cm³/mol. The summed E-state index contributed by atoms with van der Waals surface area (Å²) >= 11 is 0. The molecule has 0 heterocycles. The number of para-hydroxylation sites is 2. The average molecular weight is 249 g/mol. The molecule has 0 spiro atoms. The molecule has 0 aromatic heterocycles. The Kier molecular flexibility index (Phi) is 3.75. The van der Waals surface area contributed by atoms with Crippen LogP contribution in [0.5, 0.6) is 5.75 Å². The molecule has 0 bridgehead atoms. The molecular weight excluding hydrogens is 230 g/mol. The van der Waals surface area contributed by atoms with E-state index in [4.69, 9.17) is 9.84 Å². The molecular formula is C14H19NO3. The summed E-state index contributed by atoms with van der Waals surface area (Å²) < 4.78 is 5.71. The molecule has 4 heteroatoms. The van der Waals surface area contributed by atoms with Crippen LogP contribution in [-0.4, -0.2) is 23.2 Å². The summed E-state index contributed by atoms with van der Waals surface area (Å²) in [5.74, 6) is -0.0632. The first-order valence-corrected chi connectivity index (χ1v) is 6.31. The lowest BCUT2D eigenvalue weighted by atomic mass is 9.80. The van der Waals surface area contributed by atoms with E-state index in [1.165, 1.54) is 0 Å². The molecule has 4 nitrogen and oxygen atoms in total. The maximum absolute atomic E-state index is 10.7. The van der Waals surface area contributed by atoms with Gasteiger partial charge in [0.25, 0.3) is 0 Å². The number of aliphatic carboxylic acids is 1. The molecule has 0 saturated heterocycles. The van der Waals surface area contributed by atoms with E-state index in [0.717, 1.165) is 11.4 Å². The lowest BCUT2D eigenvalue weighted by molar-refractivity contribution is -0.144. The first kappa shape index (κ1) is 12.7. The topological polar surface area (TPSA) is 58.6 Å². The number of rotatable bonds is 5. The lowest BCUT2D eigenvalue weighted by Gasteiger charge is -2.34. The van der Waals surface area contributed by atoms with Crippen LogP contribution in [0.3, 0.4) is 0 Å². The zero-order valence-electron chi connectivity index (χ0n) is 10.7. The van der Waals surface area contributed by atoms with E-state index < -0.39 is 5.97 Å². The van der Waals surface area contributed by atoms with Gasteiger partial charge in [-0.2, -0.15) is 0 Å². The SMILES string of the molecule is CC(C)Oc1ccccc1NC1CC(C(=O)O)C1. The molecule has 0 radical (unpaired) electrons. The van der Waals surface area contributed by atoms with E-state index in [0.29, 0.717) is 12.8 Å². The molecule has 1 saturated carbocycles. The van der Waals surface area contributed by atoms with Crippen LogP contribution in [0.25, 0.3) is 0 Å². The Morgan fingerprint density at radius 1 is 1.39 bits per heavy atom.